The van der Waals surface area contributed by atoms with E-state index in [1.807, 2.05) is 23.1 Å². The highest BCUT2D eigenvalue weighted by atomic mass is 16.1. The molecule has 0 aliphatic carbocycles. The van der Waals surface area contributed by atoms with Gasteiger partial charge in [0, 0.05) is 24.9 Å². The Morgan fingerprint density at radius 1 is 1.31 bits per heavy atom. The zero-order valence-corrected chi connectivity index (χ0v) is 15.0. The zero-order chi connectivity index (χ0) is 18.5. The first kappa shape index (κ1) is 17.9. The number of anilines is 2. The molecule has 0 saturated heterocycles. The van der Waals surface area contributed by atoms with Crippen molar-refractivity contribution in [3.63, 3.8) is 0 Å². The van der Waals surface area contributed by atoms with Gasteiger partial charge in [0.2, 0.25) is 0 Å². The lowest BCUT2D eigenvalue weighted by atomic mass is 10.0. The quantitative estimate of drug-likeness (QED) is 0.806. The Kier molecular flexibility index (Phi) is 5.47. The van der Waals surface area contributed by atoms with Gasteiger partial charge in [0.25, 0.3) is 0 Å². The summed E-state index contributed by atoms with van der Waals surface area (Å²) in [6.45, 7) is 2.97. The molecule has 1 aromatic heterocycles. The van der Waals surface area contributed by atoms with Crippen LogP contribution >= 0.6 is 0 Å². The molecular formula is C20H23N5O. The van der Waals surface area contributed by atoms with E-state index < -0.39 is 0 Å². The lowest BCUT2D eigenvalue weighted by molar-refractivity contribution is -0.117. The minimum atomic E-state index is 0.1000. The molecule has 134 valence electrons. The molecule has 6 nitrogen and oxygen atoms in total. The number of Topliss-reactive ketones (excluding diaryl/α,β-unsaturated/α-hetero) is 1. The number of benzene rings is 1. The molecule has 1 aliphatic rings. The van der Waals surface area contributed by atoms with Gasteiger partial charge in [-0.25, -0.2) is 9.97 Å². The van der Waals surface area contributed by atoms with E-state index in [-0.39, 0.29) is 12.2 Å². The Balaban J connectivity index is 1.90. The second-order valence-electron chi connectivity index (χ2n) is 6.67. The third-order valence-corrected chi connectivity index (χ3v) is 4.54. The van der Waals surface area contributed by atoms with Crippen LogP contribution in [-0.2, 0) is 24.2 Å². The van der Waals surface area contributed by atoms with Gasteiger partial charge < -0.3 is 10.6 Å². The maximum absolute atomic E-state index is 12.2. The number of nitriles is 1. The summed E-state index contributed by atoms with van der Waals surface area (Å²) in [6, 6.07) is 9.56. The molecule has 2 heterocycles. The van der Waals surface area contributed by atoms with Gasteiger partial charge in [-0.15, -0.1) is 0 Å². The SMILES string of the molecule is CCCCCc1nc(N)c2c(n1)N(Cc1cccc(C#N)c1)CC(=O)C2. The molecule has 26 heavy (non-hydrogen) atoms. The summed E-state index contributed by atoms with van der Waals surface area (Å²) in [5.74, 6) is 2.00. The second-order valence-corrected chi connectivity index (χ2v) is 6.67. The predicted octanol–water partition coefficient (Wildman–Crippen LogP) is 2.79. The van der Waals surface area contributed by atoms with Gasteiger partial charge in [-0.2, -0.15) is 5.26 Å². The molecule has 3 rings (SSSR count). The van der Waals surface area contributed by atoms with Crippen LogP contribution in [0.25, 0.3) is 0 Å². The number of hydrogen-bond acceptors (Lipinski definition) is 6. The van der Waals surface area contributed by atoms with Crippen LogP contribution in [0.15, 0.2) is 24.3 Å². The van der Waals surface area contributed by atoms with Crippen LogP contribution in [-0.4, -0.2) is 22.3 Å². The third-order valence-electron chi connectivity index (χ3n) is 4.54. The number of carbonyl (C=O) groups excluding carboxylic acids is 1. The maximum Gasteiger partial charge on any atom is 0.156 e. The third kappa shape index (κ3) is 3.99. The number of aryl methyl sites for hydroxylation is 1. The molecule has 1 aliphatic heterocycles. The Morgan fingerprint density at radius 2 is 2.15 bits per heavy atom. The smallest absolute Gasteiger partial charge is 0.156 e. The molecule has 0 radical (unpaired) electrons. The van der Waals surface area contributed by atoms with E-state index in [4.69, 9.17) is 16.0 Å². The lowest BCUT2D eigenvalue weighted by Gasteiger charge is -2.30. The van der Waals surface area contributed by atoms with Crippen molar-refractivity contribution in [2.75, 3.05) is 17.2 Å². The first-order valence-corrected chi connectivity index (χ1v) is 9.01. The summed E-state index contributed by atoms with van der Waals surface area (Å²) >= 11 is 0. The Morgan fingerprint density at radius 3 is 2.92 bits per heavy atom. The van der Waals surface area contributed by atoms with Gasteiger partial charge in [-0.1, -0.05) is 31.9 Å². The van der Waals surface area contributed by atoms with Crippen LogP contribution in [0.5, 0.6) is 0 Å². The molecule has 0 spiro atoms. The van der Waals surface area contributed by atoms with E-state index in [0.717, 1.165) is 48.5 Å². The van der Waals surface area contributed by atoms with Gasteiger partial charge >= 0.3 is 0 Å². The summed E-state index contributed by atoms with van der Waals surface area (Å²) in [5.41, 5.74) is 8.43. The van der Waals surface area contributed by atoms with Crippen LogP contribution in [0.3, 0.4) is 0 Å². The summed E-state index contributed by atoms with van der Waals surface area (Å²) < 4.78 is 0. The number of nitrogens with two attached hydrogens (primary N) is 1. The van der Waals surface area contributed by atoms with Crippen molar-refractivity contribution in [2.24, 2.45) is 0 Å². The van der Waals surface area contributed by atoms with Crippen molar-refractivity contribution >= 4 is 17.4 Å². The molecule has 0 fully saturated rings. The average Bonchev–Trinajstić information content (AvgIpc) is 2.63. The monoisotopic (exact) mass is 349 g/mol. The highest BCUT2D eigenvalue weighted by Gasteiger charge is 2.27. The van der Waals surface area contributed by atoms with Gasteiger partial charge in [-0.05, 0) is 24.1 Å². The molecule has 6 heteroatoms. The van der Waals surface area contributed by atoms with E-state index in [0.29, 0.717) is 24.5 Å². The molecular weight excluding hydrogens is 326 g/mol. The molecule has 0 saturated carbocycles. The van der Waals surface area contributed by atoms with E-state index >= 15 is 0 Å². The van der Waals surface area contributed by atoms with Crippen molar-refractivity contribution in [1.29, 1.82) is 5.26 Å². The van der Waals surface area contributed by atoms with E-state index in [1.165, 1.54) is 0 Å². The number of aromatic nitrogens is 2. The van der Waals surface area contributed by atoms with Gasteiger partial charge in [0.05, 0.1) is 18.2 Å². The largest absolute Gasteiger partial charge is 0.383 e. The van der Waals surface area contributed by atoms with Crippen molar-refractivity contribution < 1.29 is 4.79 Å². The minimum Gasteiger partial charge on any atom is -0.383 e. The van der Waals surface area contributed by atoms with Crippen LogP contribution in [0, 0.1) is 11.3 Å². The summed E-state index contributed by atoms with van der Waals surface area (Å²) in [6.07, 6.45) is 4.36. The van der Waals surface area contributed by atoms with E-state index in [1.54, 1.807) is 6.07 Å². The fourth-order valence-electron chi connectivity index (χ4n) is 3.24. The highest BCUT2D eigenvalue weighted by Crippen LogP contribution is 2.29. The fourth-order valence-corrected chi connectivity index (χ4v) is 3.24. The van der Waals surface area contributed by atoms with Crippen molar-refractivity contribution in [3.8, 4) is 6.07 Å². The number of fused-ring (bicyclic) bond motifs is 1. The maximum atomic E-state index is 12.2. The zero-order valence-electron chi connectivity index (χ0n) is 15.0. The fraction of sp³-hybridized carbons (Fsp3) is 0.400. The van der Waals surface area contributed by atoms with Crippen LogP contribution in [0.4, 0.5) is 11.6 Å². The second kappa shape index (κ2) is 7.96. The van der Waals surface area contributed by atoms with Crippen molar-refractivity contribution in [3.05, 3.63) is 46.8 Å². The van der Waals surface area contributed by atoms with Gasteiger partial charge in [-0.3, -0.25) is 4.79 Å². The molecule has 2 N–H and O–H groups in total. The molecule has 1 aromatic carbocycles. The molecule has 2 aromatic rings. The summed E-state index contributed by atoms with van der Waals surface area (Å²) in [7, 11) is 0. The summed E-state index contributed by atoms with van der Waals surface area (Å²) in [4.78, 5) is 23.3. The standard InChI is InChI=1S/C20H23N5O/c1-2-3-4-8-18-23-19(22)17-10-16(26)13-25(20(17)24-18)12-15-7-5-6-14(9-15)11-21/h5-7,9H,2-4,8,10,12-13H2,1H3,(H2,22,23,24). The number of hydrogen-bond donors (Lipinski definition) is 1. The number of nitrogens with zero attached hydrogens (tertiary/aromatic N) is 4. The van der Waals surface area contributed by atoms with Crippen LogP contribution in [0.2, 0.25) is 0 Å². The number of ketones is 1. The predicted molar refractivity (Wildman–Crippen MR) is 101 cm³/mol. The highest BCUT2D eigenvalue weighted by molar-refractivity contribution is 5.91. The molecule has 0 unspecified atom stereocenters. The lowest BCUT2D eigenvalue weighted by Crippen LogP contribution is -2.37. The average molecular weight is 349 g/mol. The molecule has 0 amide bonds. The van der Waals surface area contributed by atoms with Crippen LogP contribution < -0.4 is 10.6 Å². The Labute approximate surface area is 153 Å². The minimum absolute atomic E-state index is 0.1000. The molecule has 0 bridgehead atoms. The van der Waals surface area contributed by atoms with Crippen molar-refractivity contribution in [2.45, 2.75) is 45.6 Å². The van der Waals surface area contributed by atoms with Crippen LogP contribution in [0.1, 0.15) is 48.7 Å². The Bertz CT molecular complexity index is 856. The van der Waals surface area contributed by atoms with Gasteiger partial charge in [0.15, 0.2) is 5.78 Å². The number of carbonyl (C=O) groups is 1. The number of unbranched alkanes of at least 4 members (excludes halogenated alkanes) is 2. The summed E-state index contributed by atoms with van der Waals surface area (Å²) in [5, 5.41) is 9.09. The molecule has 0 atom stereocenters. The van der Waals surface area contributed by atoms with E-state index in [2.05, 4.69) is 18.0 Å². The van der Waals surface area contributed by atoms with Crippen molar-refractivity contribution in [1.82, 2.24) is 9.97 Å². The topological polar surface area (TPSA) is 95.9 Å². The number of nitrogen functional groups attached to an aromatic ring is 1. The first-order chi connectivity index (χ1) is 12.6. The van der Waals surface area contributed by atoms with E-state index in [9.17, 15) is 4.79 Å². The first-order valence-electron chi connectivity index (χ1n) is 9.01. The number of rotatable bonds is 6. The van der Waals surface area contributed by atoms with Gasteiger partial charge in [0.1, 0.15) is 17.5 Å². The Hall–Kier alpha value is -2.94. The normalized spacial score (nSPS) is 13.4.